The average Bonchev–Trinajstić information content (AvgIpc) is 2.97. The van der Waals surface area contributed by atoms with E-state index in [1.807, 2.05) is 9.80 Å². The summed E-state index contributed by atoms with van der Waals surface area (Å²) in [5.41, 5.74) is 0. The number of carbonyl (C=O) groups is 2. The molecule has 0 saturated carbocycles. The minimum absolute atomic E-state index is 0.123. The standard InChI is InChI=1S/C17H30N4O3/c1-13-14(2)21(4-3-18-13)17(23)15-11-16(22)20(12-15)6-5-19-7-9-24-10-8-19/h13-15,18H,3-12H2,1-2H3. The second kappa shape index (κ2) is 7.80. The number of likely N-dealkylation sites (tertiary alicyclic amines) is 1. The summed E-state index contributed by atoms with van der Waals surface area (Å²) in [5.74, 6) is 0.102. The van der Waals surface area contributed by atoms with Gasteiger partial charge in [-0.25, -0.2) is 0 Å². The predicted octanol–water partition coefficient (Wildman–Crippen LogP) is -0.624. The smallest absolute Gasteiger partial charge is 0.228 e. The van der Waals surface area contributed by atoms with Crippen LogP contribution < -0.4 is 5.32 Å². The van der Waals surface area contributed by atoms with Crippen molar-refractivity contribution < 1.29 is 14.3 Å². The van der Waals surface area contributed by atoms with Crippen LogP contribution in [-0.2, 0) is 14.3 Å². The van der Waals surface area contributed by atoms with Gasteiger partial charge in [0.1, 0.15) is 0 Å². The van der Waals surface area contributed by atoms with Crippen LogP contribution >= 0.6 is 0 Å². The number of amides is 2. The van der Waals surface area contributed by atoms with Crippen LogP contribution in [0, 0.1) is 5.92 Å². The van der Waals surface area contributed by atoms with Crippen molar-refractivity contribution >= 4 is 11.8 Å². The van der Waals surface area contributed by atoms with Gasteiger partial charge in [0.15, 0.2) is 0 Å². The molecule has 3 atom stereocenters. The third-order valence-electron chi connectivity index (χ3n) is 5.67. The molecular weight excluding hydrogens is 308 g/mol. The first-order valence-electron chi connectivity index (χ1n) is 9.18. The normalized spacial score (nSPS) is 32.4. The monoisotopic (exact) mass is 338 g/mol. The van der Waals surface area contributed by atoms with Crippen molar-refractivity contribution in [1.29, 1.82) is 0 Å². The number of nitrogens with zero attached hydrogens (tertiary/aromatic N) is 3. The lowest BCUT2D eigenvalue weighted by atomic mass is 10.0. The first kappa shape index (κ1) is 17.6. The van der Waals surface area contributed by atoms with E-state index in [-0.39, 0.29) is 23.8 Å². The van der Waals surface area contributed by atoms with E-state index >= 15 is 0 Å². The van der Waals surface area contributed by atoms with Gasteiger partial charge in [-0.1, -0.05) is 0 Å². The lowest BCUT2D eigenvalue weighted by molar-refractivity contribution is -0.139. The van der Waals surface area contributed by atoms with Gasteiger partial charge in [0, 0.05) is 64.3 Å². The van der Waals surface area contributed by atoms with Crippen molar-refractivity contribution in [2.45, 2.75) is 32.4 Å². The van der Waals surface area contributed by atoms with Gasteiger partial charge in [-0.15, -0.1) is 0 Å². The molecule has 24 heavy (non-hydrogen) atoms. The minimum Gasteiger partial charge on any atom is -0.379 e. The molecule has 3 heterocycles. The molecule has 3 aliphatic heterocycles. The van der Waals surface area contributed by atoms with Crippen LogP contribution in [-0.4, -0.2) is 97.6 Å². The molecule has 0 aromatic carbocycles. The van der Waals surface area contributed by atoms with Crippen molar-refractivity contribution in [3.05, 3.63) is 0 Å². The first-order chi connectivity index (χ1) is 11.6. The van der Waals surface area contributed by atoms with Crippen LogP contribution in [0.15, 0.2) is 0 Å². The zero-order chi connectivity index (χ0) is 17.1. The molecular formula is C17H30N4O3. The summed E-state index contributed by atoms with van der Waals surface area (Å²) < 4.78 is 5.35. The molecule has 3 fully saturated rings. The lowest BCUT2D eigenvalue weighted by Gasteiger charge is -2.39. The summed E-state index contributed by atoms with van der Waals surface area (Å²) >= 11 is 0. The Bertz CT molecular complexity index is 467. The Morgan fingerprint density at radius 1 is 1.21 bits per heavy atom. The molecule has 0 bridgehead atoms. The number of ether oxygens (including phenoxy) is 1. The van der Waals surface area contributed by atoms with Gasteiger partial charge in [-0.05, 0) is 13.8 Å². The maximum Gasteiger partial charge on any atom is 0.228 e. The Labute approximate surface area is 144 Å². The Hall–Kier alpha value is -1.18. The van der Waals surface area contributed by atoms with Gasteiger partial charge in [-0.2, -0.15) is 0 Å². The summed E-state index contributed by atoms with van der Waals surface area (Å²) in [7, 11) is 0. The van der Waals surface area contributed by atoms with Crippen molar-refractivity contribution in [1.82, 2.24) is 20.0 Å². The van der Waals surface area contributed by atoms with Crippen molar-refractivity contribution in [3.63, 3.8) is 0 Å². The van der Waals surface area contributed by atoms with E-state index in [4.69, 9.17) is 4.74 Å². The minimum atomic E-state index is -0.171. The molecule has 1 N–H and O–H groups in total. The van der Waals surface area contributed by atoms with Crippen LogP contribution in [0.2, 0.25) is 0 Å². The fourth-order valence-electron chi connectivity index (χ4n) is 3.84. The SMILES string of the molecule is CC1NCCN(C(=O)C2CC(=O)N(CCN3CCOCC3)C2)C1C. The first-order valence-corrected chi connectivity index (χ1v) is 9.18. The zero-order valence-corrected chi connectivity index (χ0v) is 14.9. The molecule has 3 aliphatic rings. The summed E-state index contributed by atoms with van der Waals surface area (Å²) in [4.78, 5) is 31.3. The molecule has 136 valence electrons. The molecule has 3 unspecified atom stereocenters. The topological polar surface area (TPSA) is 65.1 Å². The number of piperazine rings is 1. The molecule has 0 aliphatic carbocycles. The maximum atomic E-state index is 12.8. The highest BCUT2D eigenvalue weighted by Crippen LogP contribution is 2.22. The third kappa shape index (κ3) is 3.90. The summed E-state index contributed by atoms with van der Waals surface area (Å²) in [5, 5.41) is 3.39. The largest absolute Gasteiger partial charge is 0.379 e. The Kier molecular flexibility index (Phi) is 5.73. The molecule has 3 rings (SSSR count). The molecule has 7 nitrogen and oxygen atoms in total. The van der Waals surface area contributed by atoms with Gasteiger partial charge < -0.3 is 19.9 Å². The third-order valence-corrected chi connectivity index (χ3v) is 5.67. The number of morpholine rings is 1. The molecule has 7 heteroatoms. The van der Waals surface area contributed by atoms with Crippen molar-refractivity contribution in [3.8, 4) is 0 Å². The van der Waals surface area contributed by atoms with E-state index in [1.54, 1.807) is 0 Å². The second-order valence-electron chi connectivity index (χ2n) is 7.21. The van der Waals surface area contributed by atoms with E-state index in [2.05, 4.69) is 24.1 Å². The quantitative estimate of drug-likeness (QED) is 0.740. The number of carbonyl (C=O) groups excluding carboxylic acids is 2. The Balaban J connectivity index is 1.51. The highest BCUT2D eigenvalue weighted by atomic mass is 16.5. The van der Waals surface area contributed by atoms with Crippen LogP contribution in [0.1, 0.15) is 20.3 Å². The van der Waals surface area contributed by atoms with Crippen molar-refractivity contribution in [2.75, 3.05) is 59.0 Å². The molecule has 0 spiro atoms. The summed E-state index contributed by atoms with van der Waals surface area (Å²) in [6, 6.07) is 0.487. The van der Waals surface area contributed by atoms with Gasteiger partial charge >= 0.3 is 0 Å². The van der Waals surface area contributed by atoms with Crippen LogP contribution in [0.4, 0.5) is 0 Å². The van der Waals surface area contributed by atoms with E-state index in [1.165, 1.54) is 0 Å². The van der Waals surface area contributed by atoms with Crippen LogP contribution in [0.3, 0.4) is 0 Å². The summed E-state index contributed by atoms with van der Waals surface area (Å²) in [6.07, 6.45) is 0.368. The highest BCUT2D eigenvalue weighted by Gasteiger charge is 2.39. The van der Waals surface area contributed by atoms with Crippen LogP contribution in [0.25, 0.3) is 0 Å². The lowest BCUT2D eigenvalue weighted by Crippen LogP contribution is -2.58. The Morgan fingerprint density at radius 2 is 1.96 bits per heavy atom. The number of nitrogens with one attached hydrogen (secondary N) is 1. The Morgan fingerprint density at radius 3 is 2.71 bits per heavy atom. The van der Waals surface area contributed by atoms with Gasteiger partial charge in [0.2, 0.25) is 11.8 Å². The maximum absolute atomic E-state index is 12.8. The predicted molar refractivity (Wildman–Crippen MR) is 90.6 cm³/mol. The number of hydrogen-bond donors (Lipinski definition) is 1. The van der Waals surface area contributed by atoms with Gasteiger partial charge in [0.05, 0.1) is 19.1 Å². The number of rotatable bonds is 4. The second-order valence-corrected chi connectivity index (χ2v) is 7.21. The fraction of sp³-hybridized carbons (Fsp3) is 0.882. The highest BCUT2D eigenvalue weighted by molar-refractivity contribution is 5.89. The zero-order valence-electron chi connectivity index (χ0n) is 14.9. The van der Waals surface area contributed by atoms with E-state index in [9.17, 15) is 9.59 Å². The summed E-state index contributed by atoms with van der Waals surface area (Å²) in [6.45, 7) is 11.3. The fourth-order valence-corrected chi connectivity index (χ4v) is 3.84. The molecule has 2 amide bonds. The molecule has 3 saturated heterocycles. The molecule has 0 aromatic heterocycles. The van der Waals surface area contributed by atoms with Crippen molar-refractivity contribution in [2.24, 2.45) is 5.92 Å². The molecule has 0 radical (unpaired) electrons. The van der Waals surface area contributed by atoms with Crippen LogP contribution in [0.5, 0.6) is 0 Å². The molecule has 0 aromatic rings. The number of hydrogen-bond acceptors (Lipinski definition) is 5. The van der Waals surface area contributed by atoms with Gasteiger partial charge in [0.25, 0.3) is 0 Å². The van der Waals surface area contributed by atoms with E-state index in [0.717, 1.165) is 52.5 Å². The van der Waals surface area contributed by atoms with E-state index in [0.29, 0.717) is 19.0 Å². The van der Waals surface area contributed by atoms with Gasteiger partial charge in [-0.3, -0.25) is 14.5 Å². The van der Waals surface area contributed by atoms with E-state index < -0.39 is 0 Å². The average molecular weight is 338 g/mol.